The third kappa shape index (κ3) is 6.29. The number of hydrogen-bond donors (Lipinski definition) is 2. The van der Waals surface area contributed by atoms with Crippen LogP contribution in [0.15, 0.2) is 48.5 Å². The molecule has 5 nitrogen and oxygen atoms in total. The molecule has 2 N–H and O–H groups in total. The summed E-state index contributed by atoms with van der Waals surface area (Å²) < 4.78 is 43.7. The molecule has 2 aromatic carbocycles. The van der Waals surface area contributed by atoms with E-state index in [9.17, 15) is 22.8 Å². The molecule has 2 rings (SSSR count). The average Bonchev–Trinajstić information content (AvgIpc) is 2.65. The lowest BCUT2D eigenvalue weighted by molar-refractivity contribution is -0.139. The molecule has 28 heavy (non-hydrogen) atoms. The van der Waals surface area contributed by atoms with Gasteiger partial charge in [0.15, 0.2) is 6.61 Å². The van der Waals surface area contributed by atoms with Crippen LogP contribution in [0.1, 0.15) is 25.0 Å². The van der Waals surface area contributed by atoms with Gasteiger partial charge in [-0.25, -0.2) is 0 Å². The summed E-state index contributed by atoms with van der Waals surface area (Å²) in [5, 5.41) is 5.32. The number of amides is 2. The first-order chi connectivity index (χ1) is 13.2. The maximum atomic E-state index is 12.9. The predicted octanol–water partition coefficient (Wildman–Crippen LogP) is 4.00. The molecule has 0 heterocycles. The van der Waals surface area contributed by atoms with Gasteiger partial charge in [0.1, 0.15) is 5.75 Å². The predicted molar refractivity (Wildman–Crippen MR) is 98.7 cm³/mol. The van der Waals surface area contributed by atoms with Gasteiger partial charge in [0.05, 0.1) is 5.56 Å². The second-order valence-corrected chi connectivity index (χ2v) is 6.40. The fourth-order valence-corrected chi connectivity index (χ4v) is 2.21. The molecule has 0 bridgehead atoms. The van der Waals surface area contributed by atoms with Gasteiger partial charge in [-0.1, -0.05) is 38.1 Å². The van der Waals surface area contributed by atoms with E-state index in [1.807, 2.05) is 0 Å². The second kappa shape index (κ2) is 9.25. The van der Waals surface area contributed by atoms with Gasteiger partial charge in [-0.2, -0.15) is 13.2 Å². The van der Waals surface area contributed by atoms with Crippen LogP contribution in [0.5, 0.6) is 5.75 Å². The minimum absolute atomic E-state index is 0.0997. The van der Waals surface area contributed by atoms with Crippen LogP contribution < -0.4 is 15.4 Å². The molecule has 0 unspecified atom stereocenters. The zero-order valence-electron chi connectivity index (χ0n) is 15.5. The molecule has 150 valence electrons. The summed E-state index contributed by atoms with van der Waals surface area (Å²) in [6.07, 6.45) is -4.56. The highest BCUT2D eigenvalue weighted by Gasteiger charge is 2.34. The van der Waals surface area contributed by atoms with E-state index in [0.717, 1.165) is 11.6 Å². The molecule has 0 aliphatic heterocycles. The van der Waals surface area contributed by atoms with Crippen LogP contribution in [0.2, 0.25) is 0 Å². The summed E-state index contributed by atoms with van der Waals surface area (Å²) in [5.41, 5.74) is 0.481. The molecule has 0 aromatic heterocycles. The van der Waals surface area contributed by atoms with Gasteiger partial charge in [0.25, 0.3) is 5.91 Å². The van der Waals surface area contributed by atoms with E-state index < -0.39 is 30.0 Å². The van der Waals surface area contributed by atoms with Crippen molar-refractivity contribution in [3.63, 3.8) is 0 Å². The number of carbonyl (C=O) groups is 2. The molecule has 0 saturated carbocycles. The van der Waals surface area contributed by atoms with E-state index in [1.165, 1.54) is 18.2 Å². The lowest BCUT2D eigenvalue weighted by Gasteiger charge is -2.13. The topological polar surface area (TPSA) is 67.4 Å². The minimum Gasteiger partial charge on any atom is -0.483 e. The highest BCUT2D eigenvalue weighted by atomic mass is 19.4. The van der Waals surface area contributed by atoms with Gasteiger partial charge < -0.3 is 15.4 Å². The van der Waals surface area contributed by atoms with E-state index in [2.05, 4.69) is 10.6 Å². The Bertz CT molecular complexity index is 818. The second-order valence-electron chi connectivity index (χ2n) is 6.40. The lowest BCUT2D eigenvalue weighted by Crippen LogP contribution is -2.28. The summed E-state index contributed by atoms with van der Waals surface area (Å²) in [7, 11) is 0. The van der Waals surface area contributed by atoms with E-state index in [0.29, 0.717) is 5.69 Å². The Hall–Kier alpha value is -3.03. The largest absolute Gasteiger partial charge is 0.483 e. The Morgan fingerprint density at radius 2 is 1.68 bits per heavy atom. The van der Waals surface area contributed by atoms with Crippen molar-refractivity contribution in [2.75, 3.05) is 11.9 Å². The molecule has 0 radical (unpaired) electrons. The fraction of sp³-hybridized carbons (Fsp3) is 0.300. The van der Waals surface area contributed by atoms with Gasteiger partial charge in [-0.05, 0) is 29.8 Å². The molecule has 0 atom stereocenters. The van der Waals surface area contributed by atoms with Crippen LogP contribution in [0, 0.1) is 5.92 Å². The van der Waals surface area contributed by atoms with Crippen LogP contribution in [-0.4, -0.2) is 18.4 Å². The van der Waals surface area contributed by atoms with Crippen molar-refractivity contribution in [1.29, 1.82) is 0 Å². The van der Waals surface area contributed by atoms with Crippen molar-refractivity contribution in [3.8, 4) is 5.75 Å². The normalized spacial score (nSPS) is 11.2. The number of halogens is 3. The van der Waals surface area contributed by atoms with Crippen LogP contribution in [0.3, 0.4) is 0 Å². The number of benzene rings is 2. The van der Waals surface area contributed by atoms with Crippen molar-refractivity contribution in [2.24, 2.45) is 5.92 Å². The zero-order chi connectivity index (χ0) is 20.7. The van der Waals surface area contributed by atoms with E-state index in [1.54, 1.807) is 38.1 Å². The van der Waals surface area contributed by atoms with Crippen molar-refractivity contribution in [3.05, 3.63) is 59.7 Å². The Morgan fingerprint density at radius 3 is 2.29 bits per heavy atom. The van der Waals surface area contributed by atoms with E-state index >= 15 is 0 Å². The van der Waals surface area contributed by atoms with Crippen molar-refractivity contribution in [2.45, 2.75) is 26.6 Å². The number of para-hydroxylation sites is 1. The Labute approximate surface area is 160 Å². The Kier molecular flexibility index (Phi) is 7.03. The molecule has 0 spiro atoms. The van der Waals surface area contributed by atoms with Crippen molar-refractivity contribution in [1.82, 2.24) is 5.32 Å². The summed E-state index contributed by atoms with van der Waals surface area (Å²) in [4.78, 5) is 23.5. The van der Waals surface area contributed by atoms with Gasteiger partial charge in [0, 0.05) is 18.2 Å². The zero-order valence-corrected chi connectivity index (χ0v) is 15.5. The smallest absolute Gasteiger partial charge is 0.419 e. The standard InChI is InChI=1S/C20H21F3N2O3/c1-13(2)19(27)25-15-9-7-14(8-10-15)11-24-18(26)12-28-17-6-4-3-5-16(17)20(21,22)23/h3-10,13H,11-12H2,1-2H3,(H,24,26)(H,25,27). The third-order valence-electron chi connectivity index (χ3n) is 3.79. The summed E-state index contributed by atoms with van der Waals surface area (Å²) in [5.74, 6) is -1.18. The quantitative estimate of drug-likeness (QED) is 0.746. The number of nitrogens with one attached hydrogen (secondary N) is 2. The third-order valence-corrected chi connectivity index (χ3v) is 3.79. The number of carbonyl (C=O) groups excluding carboxylic acids is 2. The number of anilines is 1. The van der Waals surface area contributed by atoms with Crippen LogP contribution in [-0.2, 0) is 22.3 Å². The van der Waals surface area contributed by atoms with Gasteiger partial charge in [-0.3, -0.25) is 9.59 Å². The minimum atomic E-state index is -4.56. The molecule has 0 aliphatic carbocycles. The van der Waals surface area contributed by atoms with E-state index in [-0.39, 0.29) is 18.4 Å². The first-order valence-corrected chi connectivity index (χ1v) is 8.62. The highest BCUT2D eigenvalue weighted by molar-refractivity contribution is 5.92. The maximum Gasteiger partial charge on any atom is 0.419 e. The molecule has 2 amide bonds. The molecule has 2 aromatic rings. The van der Waals surface area contributed by atoms with Gasteiger partial charge >= 0.3 is 6.18 Å². The molecular weight excluding hydrogens is 373 g/mol. The van der Waals surface area contributed by atoms with Gasteiger partial charge in [-0.15, -0.1) is 0 Å². The first kappa shape index (κ1) is 21.3. The Balaban J connectivity index is 1.84. The number of alkyl halides is 3. The SMILES string of the molecule is CC(C)C(=O)Nc1ccc(CNC(=O)COc2ccccc2C(F)(F)F)cc1. The van der Waals surface area contributed by atoms with E-state index in [4.69, 9.17) is 4.74 Å². The summed E-state index contributed by atoms with van der Waals surface area (Å²) in [6.45, 7) is 3.22. The molecule has 0 saturated heterocycles. The Morgan fingerprint density at radius 1 is 1.04 bits per heavy atom. The molecular formula is C20H21F3N2O3. The monoisotopic (exact) mass is 394 g/mol. The van der Waals surface area contributed by atoms with Crippen LogP contribution >= 0.6 is 0 Å². The number of ether oxygens (including phenoxy) is 1. The number of hydrogen-bond acceptors (Lipinski definition) is 3. The molecule has 8 heteroatoms. The van der Waals surface area contributed by atoms with Crippen molar-refractivity contribution >= 4 is 17.5 Å². The van der Waals surface area contributed by atoms with Crippen LogP contribution in [0.25, 0.3) is 0 Å². The number of rotatable bonds is 7. The summed E-state index contributed by atoms with van der Waals surface area (Å²) in [6, 6.07) is 11.6. The maximum absolute atomic E-state index is 12.9. The van der Waals surface area contributed by atoms with Gasteiger partial charge in [0.2, 0.25) is 5.91 Å². The summed E-state index contributed by atoms with van der Waals surface area (Å²) >= 11 is 0. The van der Waals surface area contributed by atoms with Crippen LogP contribution in [0.4, 0.5) is 18.9 Å². The first-order valence-electron chi connectivity index (χ1n) is 8.62. The lowest BCUT2D eigenvalue weighted by atomic mass is 10.1. The average molecular weight is 394 g/mol. The fourth-order valence-electron chi connectivity index (χ4n) is 2.21. The molecule has 0 aliphatic rings. The highest BCUT2D eigenvalue weighted by Crippen LogP contribution is 2.35. The van der Waals surface area contributed by atoms with Crippen molar-refractivity contribution < 1.29 is 27.5 Å². The molecule has 0 fully saturated rings.